The lowest BCUT2D eigenvalue weighted by Gasteiger charge is -2.35. The van der Waals surface area contributed by atoms with Gasteiger partial charge in [0.05, 0.1) is 32.0 Å². The molecule has 2 N–H and O–H groups in total. The summed E-state index contributed by atoms with van der Waals surface area (Å²) in [6.45, 7) is 4.84. The van der Waals surface area contributed by atoms with Gasteiger partial charge >= 0.3 is 0 Å². The van der Waals surface area contributed by atoms with Crippen LogP contribution in [0.1, 0.15) is 11.6 Å². The lowest BCUT2D eigenvalue weighted by atomic mass is 10.0. The molecule has 1 aromatic carbocycles. The van der Waals surface area contributed by atoms with Gasteiger partial charge in [0.15, 0.2) is 5.96 Å². The highest BCUT2D eigenvalue weighted by Crippen LogP contribution is 2.21. The van der Waals surface area contributed by atoms with Gasteiger partial charge in [-0.15, -0.1) is 0 Å². The molecule has 156 valence electrons. The fourth-order valence-corrected chi connectivity index (χ4v) is 3.22. The minimum absolute atomic E-state index is 0.102. The Balaban J connectivity index is 1.51. The Morgan fingerprint density at radius 3 is 2.72 bits per heavy atom. The maximum Gasteiger partial charge on any atom is 0.191 e. The van der Waals surface area contributed by atoms with Crippen molar-refractivity contribution in [2.75, 3.05) is 53.0 Å². The molecule has 1 unspecified atom stereocenters. The van der Waals surface area contributed by atoms with Gasteiger partial charge in [-0.05, 0) is 29.8 Å². The fourth-order valence-electron chi connectivity index (χ4n) is 3.22. The van der Waals surface area contributed by atoms with Crippen molar-refractivity contribution in [3.05, 3.63) is 60.2 Å². The molecule has 2 aromatic rings. The summed E-state index contributed by atoms with van der Waals surface area (Å²) in [7, 11) is 1.74. The highest BCUT2D eigenvalue weighted by molar-refractivity contribution is 5.79. The van der Waals surface area contributed by atoms with Crippen LogP contribution >= 0.6 is 0 Å². The van der Waals surface area contributed by atoms with Crippen molar-refractivity contribution in [2.24, 2.45) is 4.99 Å². The first-order valence-electron chi connectivity index (χ1n) is 9.81. The number of nitrogens with one attached hydrogen (secondary N) is 2. The zero-order valence-electron chi connectivity index (χ0n) is 16.7. The van der Waals surface area contributed by atoms with Crippen LogP contribution in [0.15, 0.2) is 53.8 Å². The Hall–Kier alpha value is -2.71. The molecule has 3 rings (SSSR count). The van der Waals surface area contributed by atoms with Gasteiger partial charge in [0.1, 0.15) is 18.2 Å². The molecule has 0 aliphatic carbocycles. The van der Waals surface area contributed by atoms with Crippen LogP contribution in [0.25, 0.3) is 0 Å². The molecule has 0 saturated carbocycles. The van der Waals surface area contributed by atoms with Crippen LogP contribution in [0.4, 0.5) is 4.39 Å². The van der Waals surface area contributed by atoms with Crippen molar-refractivity contribution in [1.82, 2.24) is 20.5 Å². The number of aliphatic imine (C=N–C) groups is 1. The van der Waals surface area contributed by atoms with Gasteiger partial charge in [-0.1, -0.05) is 12.1 Å². The van der Waals surface area contributed by atoms with Crippen LogP contribution in [-0.2, 0) is 4.74 Å². The Labute approximate surface area is 170 Å². The van der Waals surface area contributed by atoms with E-state index in [0.717, 1.165) is 24.4 Å². The number of hydrogen-bond acceptors (Lipinski definition) is 5. The number of benzene rings is 1. The number of aromatic nitrogens is 1. The number of halogens is 1. The molecule has 1 aromatic heterocycles. The van der Waals surface area contributed by atoms with E-state index in [4.69, 9.17) is 9.47 Å². The van der Waals surface area contributed by atoms with E-state index in [0.29, 0.717) is 38.9 Å². The van der Waals surface area contributed by atoms with Crippen molar-refractivity contribution in [3.63, 3.8) is 0 Å². The number of morpholine rings is 1. The van der Waals surface area contributed by atoms with Crippen molar-refractivity contribution in [1.29, 1.82) is 0 Å². The molecule has 0 bridgehead atoms. The minimum atomic E-state index is -0.228. The molecule has 1 fully saturated rings. The first kappa shape index (κ1) is 21.0. The molecule has 0 spiro atoms. The molecule has 0 radical (unpaired) electrons. The van der Waals surface area contributed by atoms with Gasteiger partial charge in [-0.25, -0.2) is 4.39 Å². The Morgan fingerprint density at radius 1 is 1.24 bits per heavy atom. The largest absolute Gasteiger partial charge is 0.490 e. The average molecular weight is 401 g/mol. The third-order valence-corrected chi connectivity index (χ3v) is 4.73. The first-order valence-corrected chi connectivity index (χ1v) is 9.81. The van der Waals surface area contributed by atoms with Crippen molar-refractivity contribution < 1.29 is 13.9 Å². The summed E-state index contributed by atoms with van der Waals surface area (Å²) >= 11 is 0. The molecule has 1 aliphatic rings. The van der Waals surface area contributed by atoms with E-state index < -0.39 is 0 Å². The zero-order chi connectivity index (χ0) is 20.3. The van der Waals surface area contributed by atoms with E-state index >= 15 is 0 Å². The highest BCUT2D eigenvalue weighted by atomic mass is 19.1. The molecular formula is C21H28FN5O2. The SMILES string of the molecule is CN=C(NCCOc1cccnc1)NCC(c1ccc(F)cc1)N1CCOCC1. The fraction of sp³-hybridized carbons (Fsp3) is 0.429. The number of guanidine groups is 1. The summed E-state index contributed by atoms with van der Waals surface area (Å²) in [5.74, 6) is 1.20. The second kappa shape index (κ2) is 11.3. The number of pyridine rings is 1. The highest BCUT2D eigenvalue weighted by Gasteiger charge is 2.23. The maximum atomic E-state index is 13.4. The van der Waals surface area contributed by atoms with E-state index in [2.05, 4.69) is 25.5 Å². The van der Waals surface area contributed by atoms with Crippen LogP contribution in [0.5, 0.6) is 5.75 Å². The standard InChI is InChI=1S/C21H28FN5O2/c1-23-21(25-9-12-29-19-3-2-8-24-15-19)26-16-20(27-10-13-28-14-11-27)17-4-6-18(22)7-5-17/h2-8,15,20H,9-14,16H2,1H3,(H2,23,25,26). The van der Waals surface area contributed by atoms with Crippen molar-refractivity contribution in [2.45, 2.75) is 6.04 Å². The van der Waals surface area contributed by atoms with E-state index in [1.165, 1.54) is 12.1 Å². The molecular weight excluding hydrogens is 373 g/mol. The number of ether oxygens (including phenoxy) is 2. The smallest absolute Gasteiger partial charge is 0.191 e. The van der Waals surface area contributed by atoms with Crippen LogP contribution in [0.2, 0.25) is 0 Å². The summed E-state index contributed by atoms with van der Waals surface area (Å²) in [5, 5.41) is 6.62. The van der Waals surface area contributed by atoms with Crippen LogP contribution in [-0.4, -0.2) is 68.9 Å². The van der Waals surface area contributed by atoms with Crippen LogP contribution < -0.4 is 15.4 Å². The van der Waals surface area contributed by atoms with E-state index in [1.807, 2.05) is 24.3 Å². The average Bonchev–Trinajstić information content (AvgIpc) is 2.78. The van der Waals surface area contributed by atoms with Gasteiger partial charge in [-0.3, -0.25) is 14.9 Å². The Morgan fingerprint density at radius 2 is 2.03 bits per heavy atom. The minimum Gasteiger partial charge on any atom is -0.490 e. The third-order valence-electron chi connectivity index (χ3n) is 4.73. The molecule has 7 nitrogen and oxygen atoms in total. The maximum absolute atomic E-state index is 13.4. The molecule has 8 heteroatoms. The number of hydrogen-bond donors (Lipinski definition) is 2. The molecule has 29 heavy (non-hydrogen) atoms. The quantitative estimate of drug-likeness (QED) is 0.400. The van der Waals surface area contributed by atoms with Gasteiger partial charge in [0.25, 0.3) is 0 Å². The number of rotatable bonds is 8. The third kappa shape index (κ3) is 6.69. The summed E-state index contributed by atoms with van der Waals surface area (Å²) in [5.41, 5.74) is 1.07. The van der Waals surface area contributed by atoms with Gasteiger partial charge in [0, 0.05) is 32.9 Å². The molecule has 2 heterocycles. The topological polar surface area (TPSA) is 71.0 Å². The normalized spacial score (nSPS) is 16.3. The molecule has 1 aliphatic heterocycles. The van der Waals surface area contributed by atoms with E-state index in [9.17, 15) is 4.39 Å². The monoisotopic (exact) mass is 401 g/mol. The second-order valence-corrected chi connectivity index (χ2v) is 6.63. The zero-order valence-corrected chi connectivity index (χ0v) is 16.7. The number of nitrogens with zero attached hydrogens (tertiary/aromatic N) is 3. The van der Waals surface area contributed by atoms with E-state index in [-0.39, 0.29) is 11.9 Å². The van der Waals surface area contributed by atoms with Crippen LogP contribution in [0.3, 0.4) is 0 Å². The molecule has 0 amide bonds. The summed E-state index contributed by atoms with van der Waals surface area (Å²) in [4.78, 5) is 10.7. The molecule has 1 atom stereocenters. The van der Waals surface area contributed by atoms with Crippen molar-refractivity contribution >= 4 is 5.96 Å². The Kier molecular flexibility index (Phi) is 8.21. The van der Waals surface area contributed by atoms with Crippen LogP contribution in [0, 0.1) is 5.82 Å². The lowest BCUT2D eigenvalue weighted by Crippen LogP contribution is -2.46. The predicted molar refractivity (Wildman–Crippen MR) is 111 cm³/mol. The van der Waals surface area contributed by atoms with Crippen molar-refractivity contribution in [3.8, 4) is 5.75 Å². The summed E-state index contributed by atoms with van der Waals surface area (Å²) in [6, 6.07) is 10.5. The lowest BCUT2D eigenvalue weighted by molar-refractivity contribution is 0.0170. The summed E-state index contributed by atoms with van der Waals surface area (Å²) in [6.07, 6.45) is 3.39. The molecule has 1 saturated heterocycles. The second-order valence-electron chi connectivity index (χ2n) is 6.63. The van der Waals surface area contributed by atoms with Gasteiger partial charge in [0.2, 0.25) is 0 Å². The first-order chi connectivity index (χ1) is 14.3. The van der Waals surface area contributed by atoms with E-state index in [1.54, 1.807) is 19.4 Å². The van der Waals surface area contributed by atoms with Gasteiger partial charge in [-0.2, -0.15) is 0 Å². The van der Waals surface area contributed by atoms with Gasteiger partial charge < -0.3 is 20.1 Å². The predicted octanol–water partition coefficient (Wildman–Crippen LogP) is 1.84. The summed E-state index contributed by atoms with van der Waals surface area (Å²) < 4.78 is 24.5. The Bertz CT molecular complexity index is 751.